The monoisotopic (exact) mass is 558 g/mol. The fourth-order valence-corrected chi connectivity index (χ4v) is 5.23. The van der Waals surface area contributed by atoms with Crippen molar-refractivity contribution in [3.8, 4) is 5.69 Å². The topological polar surface area (TPSA) is 97.2 Å². The van der Waals surface area contributed by atoms with Gasteiger partial charge in [0, 0.05) is 49.2 Å². The van der Waals surface area contributed by atoms with E-state index in [1.807, 2.05) is 42.5 Å². The van der Waals surface area contributed by atoms with Gasteiger partial charge in [0.15, 0.2) is 0 Å². The lowest BCUT2D eigenvalue weighted by Gasteiger charge is -2.37. The molecule has 5 aromatic rings. The van der Waals surface area contributed by atoms with Crippen LogP contribution in [0.3, 0.4) is 0 Å². The molecule has 1 fully saturated rings. The number of anilines is 2. The van der Waals surface area contributed by atoms with E-state index in [1.54, 1.807) is 0 Å². The second-order valence-electron chi connectivity index (χ2n) is 10.0. The summed E-state index contributed by atoms with van der Waals surface area (Å²) in [5.74, 6) is -1.72. The van der Waals surface area contributed by atoms with E-state index in [-0.39, 0.29) is 12.1 Å². The third kappa shape index (κ3) is 5.46. The molecule has 0 radical (unpaired) electrons. The minimum Gasteiger partial charge on any atom is -0.381 e. The molecule has 0 spiro atoms. The number of aromatic nitrogens is 6. The molecule has 41 heavy (non-hydrogen) atoms. The van der Waals surface area contributed by atoms with Gasteiger partial charge in [-0.05, 0) is 42.5 Å². The van der Waals surface area contributed by atoms with E-state index in [4.69, 9.17) is 0 Å². The zero-order chi connectivity index (χ0) is 28.4. The van der Waals surface area contributed by atoms with Crippen molar-refractivity contribution in [1.29, 1.82) is 0 Å². The molecule has 3 heterocycles. The molecule has 1 N–H and O–H groups in total. The molecule has 1 saturated heterocycles. The number of rotatable bonds is 8. The Bertz CT molecular complexity index is 1660. The van der Waals surface area contributed by atoms with E-state index < -0.39 is 29.5 Å². The van der Waals surface area contributed by atoms with E-state index in [2.05, 4.69) is 37.1 Å². The SMILES string of the molecule is O=c1n(-c2ccc(N3CCN(c4ccccc4)CC3)cc2)cnn1CC(O)(Cn1cncn1)c1ccc(F)cc1F. The van der Waals surface area contributed by atoms with Crippen molar-refractivity contribution >= 4 is 11.4 Å². The number of para-hydroxylation sites is 1. The van der Waals surface area contributed by atoms with Gasteiger partial charge in [-0.2, -0.15) is 10.2 Å². The number of benzene rings is 3. The molecule has 0 amide bonds. The quantitative estimate of drug-likeness (QED) is 0.313. The number of nitrogens with zero attached hydrogens (tertiary/aromatic N) is 8. The van der Waals surface area contributed by atoms with Crippen molar-refractivity contribution in [2.24, 2.45) is 0 Å². The van der Waals surface area contributed by atoms with Crippen molar-refractivity contribution in [2.75, 3.05) is 36.0 Å². The molecule has 3 aromatic carbocycles. The van der Waals surface area contributed by atoms with E-state index in [9.17, 15) is 18.7 Å². The Morgan fingerprint density at radius 3 is 2.07 bits per heavy atom. The molecule has 2 aromatic heterocycles. The van der Waals surface area contributed by atoms with Crippen molar-refractivity contribution in [1.82, 2.24) is 29.1 Å². The van der Waals surface area contributed by atoms with Crippen LogP contribution in [-0.2, 0) is 18.7 Å². The number of halogens is 2. The highest BCUT2D eigenvalue weighted by Crippen LogP contribution is 2.28. The van der Waals surface area contributed by atoms with Crippen LogP contribution >= 0.6 is 0 Å². The minimum absolute atomic E-state index is 0.187. The predicted molar refractivity (Wildman–Crippen MR) is 149 cm³/mol. The van der Waals surface area contributed by atoms with Gasteiger partial charge >= 0.3 is 5.69 Å². The molecule has 0 saturated carbocycles. The van der Waals surface area contributed by atoms with Crippen molar-refractivity contribution in [2.45, 2.75) is 18.7 Å². The van der Waals surface area contributed by atoms with Gasteiger partial charge in [0.2, 0.25) is 0 Å². The van der Waals surface area contributed by atoms with Crippen LogP contribution in [0.2, 0.25) is 0 Å². The van der Waals surface area contributed by atoms with E-state index >= 15 is 0 Å². The molecule has 1 aliphatic heterocycles. The summed E-state index contributed by atoms with van der Waals surface area (Å²) in [7, 11) is 0. The van der Waals surface area contributed by atoms with Crippen LogP contribution in [0.25, 0.3) is 5.69 Å². The predicted octanol–water partition coefficient (Wildman–Crippen LogP) is 2.82. The largest absolute Gasteiger partial charge is 0.381 e. The molecule has 12 heteroatoms. The lowest BCUT2D eigenvalue weighted by atomic mass is 9.93. The average Bonchev–Trinajstić information content (AvgIpc) is 3.63. The molecule has 1 atom stereocenters. The van der Waals surface area contributed by atoms with Crippen molar-refractivity contribution < 1.29 is 13.9 Å². The Balaban J connectivity index is 1.20. The molecular weight excluding hydrogens is 530 g/mol. The Hall–Kier alpha value is -4.84. The first-order valence-corrected chi connectivity index (χ1v) is 13.2. The minimum atomic E-state index is -1.97. The number of aliphatic hydroxyl groups is 1. The first-order valence-electron chi connectivity index (χ1n) is 13.2. The van der Waals surface area contributed by atoms with Gasteiger partial charge in [-0.3, -0.25) is 0 Å². The summed E-state index contributed by atoms with van der Waals surface area (Å²) >= 11 is 0. The van der Waals surface area contributed by atoms with Gasteiger partial charge in [0.25, 0.3) is 0 Å². The first kappa shape index (κ1) is 26.4. The molecule has 10 nitrogen and oxygen atoms in total. The highest BCUT2D eigenvalue weighted by molar-refractivity contribution is 5.54. The highest BCUT2D eigenvalue weighted by Gasteiger charge is 2.35. The third-order valence-corrected chi connectivity index (χ3v) is 7.36. The van der Waals surface area contributed by atoms with Crippen LogP contribution in [0, 0.1) is 11.6 Å². The molecule has 1 unspecified atom stereocenters. The summed E-state index contributed by atoms with van der Waals surface area (Å²) < 4.78 is 32.1. The molecule has 1 aliphatic rings. The summed E-state index contributed by atoms with van der Waals surface area (Å²) in [5, 5.41) is 19.8. The van der Waals surface area contributed by atoms with Gasteiger partial charge in [0.05, 0.1) is 18.8 Å². The smallest absolute Gasteiger partial charge is 0.350 e. The van der Waals surface area contributed by atoms with Crippen LogP contribution in [0.1, 0.15) is 5.56 Å². The maximum atomic E-state index is 14.8. The highest BCUT2D eigenvalue weighted by atomic mass is 19.1. The number of hydrogen-bond acceptors (Lipinski definition) is 7. The lowest BCUT2D eigenvalue weighted by Crippen LogP contribution is -2.46. The second kappa shape index (κ2) is 11.0. The molecule has 0 aliphatic carbocycles. The molecule has 6 rings (SSSR count). The van der Waals surface area contributed by atoms with Gasteiger partial charge in [-0.25, -0.2) is 32.5 Å². The van der Waals surface area contributed by atoms with Crippen LogP contribution in [0.4, 0.5) is 20.2 Å². The Kier molecular flexibility index (Phi) is 7.06. The zero-order valence-electron chi connectivity index (χ0n) is 22.1. The Morgan fingerprint density at radius 1 is 0.780 bits per heavy atom. The number of piperazine rings is 1. The van der Waals surface area contributed by atoms with Gasteiger partial charge in [-0.15, -0.1) is 0 Å². The first-order chi connectivity index (χ1) is 19.9. The summed E-state index contributed by atoms with van der Waals surface area (Å²) in [6.07, 6.45) is 3.99. The molecular formula is C29H28F2N8O2. The van der Waals surface area contributed by atoms with Crippen molar-refractivity contribution in [3.63, 3.8) is 0 Å². The Morgan fingerprint density at radius 2 is 1.44 bits per heavy atom. The molecule has 210 valence electrons. The van der Waals surface area contributed by atoms with Crippen LogP contribution in [-0.4, -0.2) is 60.4 Å². The summed E-state index contributed by atoms with van der Waals surface area (Å²) in [6, 6.07) is 20.8. The fourth-order valence-electron chi connectivity index (χ4n) is 5.23. The van der Waals surface area contributed by atoms with Crippen molar-refractivity contribution in [3.05, 3.63) is 119 Å². The van der Waals surface area contributed by atoms with Crippen LogP contribution in [0.15, 0.2) is 96.6 Å². The normalized spacial score (nSPS) is 15.2. The summed E-state index contributed by atoms with van der Waals surface area (Å²) in [6.45, 7) is 2.92. The summed E-state index contributed by atoms with van der Waals surface area (Å²) in [4.78, 5) is 21.8. The van der Waals surface area contributed by atoms with E-state index in [0.29, 0.717) is 11.8 Å². The summed E-state index contributed by atoms with van der Waals surface area (Å²) in [5.41, 5.74) is 0.187. The fraction of sp³-hybridized carbons (Fsp3) is 0.241. The number of hydrogen-bond donors (Lipinski definition) is 1. The Labute approximate surface area is 234 Å². The zero-order valence-corrected chi connectivity index (χ0v) is 22.1. The lowest BCUT2D eigenvalue weighted by molar-refractivity contribution is -0.00948. The van der Waals surface area contributed by atoms with E-state index in [1.165, 1.54) is 33.9 Å². The maximum absolute atomic E-state index is 14.8. The maximum Gasteiger partial charge on any atom is 0.350 e. The third-order valence-electron chi connectivity index (χ3n) is 7.36. The standard InChI is InChI=1S/C29H28F2N8O2/c30-22-6-11-26(27(31)16-22)29(41,17-37-20-32-19-33-37)18-39-28(40)38(21-34-39)25-9-7-24(8-10-25)36-14-12-35(13-15-36)23-4-2-1-3-5-23/h1-11,16,19-21,41H,12-15,17-18H2. The van der Waals surface area contributed by atoms with E-state index in [0.717, 1.165) is 48.7 Å². The average molecular weight is 559 g/mol. The molecule has 0 bridgehead atoms. The van der Waals surface area contributed by atoms with Gasteiger partial charge < -0.3 is 14.9 Å². The van der Waals surface area contributed by atoms with Crippen LogP contribution < -0.4 is 15.5 Å². The second-order valence-corrected chi connectivity index (χ2v) is 10.0. The van der Waals surface area contributed by atoms with Crippen LogP contribution in [0.5, 0.6) is 0 Å². The van der Waals surface area contributed by atoms with Gasteiger partial charge in [-0.1, -0.05) is 24.3 Å². The van der Waals surface area contributed by atoms with Gasteiger partial charge in [0.1, 0.15) is 36.2 Å².